The number of unbranched alkanes of at least 4 members (excludes halogenated alkanes) is 32. The van der Waals surface area contributed by atoms with Gasteiger partial charge in [-0.25, -0.2) is 0 Å². The van der Waals surface area contributed by atoms with Gasteiger partial charge in [-0.15, -0.1) is 68.0 Å². The molecule has 1 saturated heterocycles. The minimum atomic E-state index is -0.234. The molecule has 0 radical (unpaired) electrons. The van der Waals surface area contributed by atoms with E-state index in [9.17, 15) is 9.59 Å². The number of benzene rings is 2. The third kappa shape index (κ3) is 30.9. The van der Waals surface area contributed by atoms with Crippen molar-refractivity contribution >= 4 is 192 Å². The van der Waals surface area contributed by atoms with Gasteiger partial charge in [0, 0.05) is 90.8 Å². The smallest absolute Gasteiger partial charge is 0.399 e. The number of hydrogen-bond donors (Lipinski definition) is 0. The molecule has 752 valence electrons. The lowest BCUT2D eigenvalue weighted by molar-refractivity contribution is -0.114. The summed E-state index contributed by atoms with van der Waals surface area (Å²) in [6.45, 7) is 29.5. The minimum absolute atomic E-state index is 0.115. The summed E-state index contributed by atoms with van der Waals surface area (Å²) in [5, 5.41) is 10.3. The summed E-state index contributed by atoms with van der Waals surface area (Å²) in [7, 11) is -0.194. The molecule has 4 amide bonds. The Morgan fingerprint density at radius 2 is 0.500 bits per heavy atom. The fourth-order valence-corrected chi connectivity index (χ4v) is 28.3. The predicted octanol–water partition coefficient (Wildman–Crippen LogP) is 34.2. The third-order valence-corrected chi connectivity index (χ3v) is 38.2. The van der Waals surface area contributed by atoms with Crippen molar-refractivity contribution in [2.75, 3.05) is 45.8 Å². The van der Waals surface area contributed by atoms with E-state index in [2.05, 4.69) is 242 Å². The molecule has 138 heavy (non-hydrogen) atoms. The van der Waals surface area contributed by atoms with Gasteiger partial charge >= 0.3 is 7.12 Å². The maximum absolute atomic E-state index is 15.4. The van der Waals surface area contributed by atoms with Crippen molar-refractivity contribution in [2.24, 2.45) is 23.7 Å². The lowest BCUT2D eigenvalue weighted by atomic mass is 9.88. The molecule has 0 N–H and O–H groups in total. The molecule has 14 rings (SSSR count). The third-order valence-electron chi connectivity index (χ3n) is 29.7. The zero-order chi connectivity index (χ0) is 97.8. The predicted molar refractivity (Wildman–Crippen MR) is 611 cm³/mol. The second-order valence-electron chi connectivity index (χ2n) is 41.1. The van der Waals surface area contributed by atoms with E-state index >= 15 is 9.59 Å². The van der Waals surface area contributed by atoms with Gasteiger partial charge in [-0.2, -0.15) is 11.3 Å². The van der Waals surface area contributed by atoms with E-state index in [0.717, 1.165) is 175 Å². The van der Waals surface area contributed by atoms with Crippen molar-refractivity contribution in [1.82, 2.24) is 0 Å². The highest BCUT2D eigenvalue weighted by atomic mass is 79.9. The second kappa shape index (κ2) is 58.1. The van der Waals surface area contributed by atoms with Gasteiger partial charge in [0.25, 0.3) is 23.6 Å². The first-order valence-corrected chi connectivity index (χ1v) is 62.0. The number of hydrogen-bond acceptors (Lipinski definition) is 13. The molecule has 5 aliphatic rings. The van der Waals surface area contributed by atoms with Crippen molar-refractivity contribution in [3.05, 3.63) is 173 Å². The van der Waals surface area contributed by atoms with Gasteiger partial charge in [0.05, 0.1) is 63.8 Å². The van der Waals surface area contributed by atoms with Crippen LogP contribution in [0.15, 0.2) is 133 Å². The largest absolute Gasteiger partial charge is 0.505 e. The lowest BCUT2D eigenvalue weighted by Crippen LogP contribution is -2.41. The number of carbonyl (C=O) groups excluding carboxylic acids is 4. The topological polar surface area (TPSA) is 99.7 Å². The Bertz CT molecular complexity index is 5150. The molecule has 4 atom stereocenters. The first kappa shape index (κ1) is 111. The number of fused-ring (bicyclic) bond motifs is 4. The SMILES string of the molecule is CC1(C)OB(c2cccs2)OC1(C)C.CCCCCCCCC(CCCCCC)CN1C(=O)C(c2ccc(-c3cccs3)s2)=c2cc3c(cc21)=C(c1ccc(-c2cccs2)s1)C(=O)N3CC(CCCCCC)CCCCCCCC.CCCCCCCCC(CCCCCC)CN1C(=O)C(c2ccc(Br)s2)=c2cc3c(cc21)=C(c1ccc(Br)s1)C(=O)N3CC(CCCCCC)CCCCCCCC. The van der Waals surface area contributed by atoms with Crippen LogP contribution in [0.25, 0.3) is 41.8 Å². The zero-order valence-electron chi connectivity index (χ0n) is 86.1. The van der Waals surface area contributed by atoms with Gasteiger partial charge in [0.15, 0.2) is 0 Å². The molecule has 1 fully saturated rings. The molecular weight excluding hydrogens is 1960 g/mol. The van der Waals surface area contributed by atoms with Crippen LogP contribution < -0.4 is 45.3 Å². The molecule has 0 bridgehead atoms. The minimum Gasteiger partial charge on any atom is -0.399 e. The van der Waals surface area contributed by atoms with E-state index in [1.807, 2.05) is 17.5 Å². The molecule has 10 nitrogen and oxygen atoms in total. The van der Waals surface area contributed by atoms with E-state index < -0.39 is 0 Å². The summed E-state index contributed by atoms with van der Waals surface area (Å²) in [5.41, 5.74) is 6.69. The van der Waals surface area contributed by atoms with Gasteiger partial charge < -0.3 is 28.9 Å². The second-order valence-corrected chi connectivity index (χ2v) is 51.1. The first-order chi connectivity index (χ1) is 67.2. The number of amides is 4. The number of carbonyl (C=O) groups is 4. The summed E-state index contributed by atoms with van der Waals surface area (Å²) in [6.07, 6.45) is 59.9. The highest BCUT2D eigenvalue weighted by Gasteiger charge is 2.52. The molecule has 0 aliphatic carbocycles. The zero-order valence-corrected chi connectivity index (χ0v) is 95.0. The summed E-state index contributed by atoms with van der Waals surface area (Å²) in [6, 6.07) is 38.8. The quantitative estimate of drug-likeness (QED) is 0.0278. The van der Waals surface area contributed by atoms with Crippen LogP contribution >= 0.6 is 111 Å². The number of rotatable bonds is 63. The first-order valence-electron chi connectivity index (χ1n) is 54.5. The highest BCUT2D eigenvalue weighted by molar-refractivity contribution is 9.11. The average Bonchev–Trinajstić information content (AvgIpc) is 1.57. The average molecular weight is 2130 g/mol. The van der Waals surface area contributed by atoms with E-state index in [1.165, 1.54) is 276 Å². The summed E-state index contributed by atoms with van der Waals surface area (Å²) in [5.74, 6) is 2.26. The van der Waals surface area contributed by atoms with Crippen molar-refractivity contribution in [3.63, 3.8) is 0 Å². The van der Waals surface area contributed by atoms with Crippen molar-refractivity contribution in [2.45, 2.75) is 402 Å². The van der Waals surface area contributed by atoms with Gasteiger partial charge in [-0.1, -0.05) is 336 Å². The molecule has 2 aromatic carbocycles. The lowest BCUT2D eigenvalue weighted by Gasteiger charge is -2.32. The van der Waals surface area contributed by atoms with Gasteiger partial charge in [0.1, 0.15) is 0 Å². The molecule has 5 aliphatic heterocycles. The van der Waals surface area contributed by atoms with E-state index in [4.69, 9.17) is 9.31 Å². The Hall–Kier alpha value is -5.36. The molecule has 20 heteroatoms. The summed E-state index contributed by atoms with van der Waals surface area (Å²) >= 11 is 19.3. The van der Waals surface area contributed by atoms with Crippen LogP contribution in [0.4, 0.5) is 22.7 Å². The van der Waals surface area contributed by atoms with Crippen molar-refractivity contribution in [1.29, 1.82) is 0 Å². The fraction of sp³-hybridized carbons (Fsp3) is 0.593. The van der Waals surface area contributed by atoms with E-state index in [0.29, 0.717) is 23.7 Å². The summed E-state index contributed by atoms with van der Waals surface area (Å²) in [4.78, 5) is 78.0. The Morgan fingerprint density at radius 1 is 0.275 bits per heavy atom. The Morgan fingerprint density at radius 3 is 0.732 bits per heavy atom. The van der Waals surface area contributed by atoms with Crippen LogP contribution in [0.1, 0.15) is 411 Å². The Balaban J connectivity index is 0.000000217. The van der Waals surface area contributed by atoms with Gasteiger partial charge in [-0.3, -0.25) is 19.2 Å². The maximum Gasteiger partial charge on any atom is 0.505 e. The van der Waals surface area contributed by atoms with Crippen molar-refractivity contribution in [3.8, 4) is 19.5 Å². The van der Waals surface area contributed by atoms with E-state index in [-0.39, 0.29) is 41.9 Å². The van der Waals surface area contributed by atoms with Crippen LogP contribution in [0.5, 0.6) is 0 Å². The van der Waals surface area contributed by atoms with Crippen molar-refractivity contribution < 1.29 is 28.5 Å². The van der Waals surface area contributed by atoms with Crippen LogP contribution in [0.3, 0.4) is 0 Å². The highest BCUT2D eigenvalue weighted by Crippen LogP contribution is 2.45. The monoisotopic (exact) mass is 2130 g/mol. The summed E-state index contributed by atoms with van der Waals surface area (Å²) < 4.78 is 15.0. The van der Waals surface area contributed by atoms with Crippen LogP contribution in [-0.2, 0) is 28.5 Å². The van der Waals surface area contributed by atoms with Crippen LogP contribution in [0.2, 0.25) is 0 Å². The standard InChI is InChI=1S/C58H78N2O2S4.C50H72Br2N2O2S2.C10H15BO2S/c1-5-9-13-17-19-23-29-43(27-21-15-11-7-3)41-59-47-39-46-48(40-45(47)55(57(59)61)53-35-33-51(65-53)49-31-25-37-63-49)60(42-44(28-22-16-12-8-4)30-24-20-18-14-10-6-2)58(62)56(46)54-36-34-52(66-54)50-32-26-38-64-50;1-5-9-13-17-19-23-27-37(25-21-15-11-7-3)35-53-41-33-40-42(34-39(41)47(49(53)55)43-29-31-45(51)57-43)54(50(56)48(40)44-30-32-46(52)58-44)36-38(26-22-16-12-8-4)28-24-20-18-14-10-6-2;1-9(2)10(3,4)13-11(12-9)8-6-5-7-14-8/h25-26,31-40,43-44H,5-24,27-30,41-42H2,1-4H3;29-34,37-38H,5-28,35-36H2,1-4H3;5-7H,1-4H3. The number of halogens is 2. The number of nitrogens with zero attached hydrogens (tertiary/aromatic N) is 4. The Kier molecular flexibility index (Phi) is 46.9. The Labute approximate surface area is 877 Å². The molecule has 0 saturated carbocycles. The fourth-order valence-electron chi connectivity index (χ4n) is 20.9. The number of thiophene rings is 7. The van der Waals surface area contributed by atoms with E-state index in [1.54, 1.807) is 79.4 Å². The molecule has 9 aromatic rings. The maximum atomic E-state index is 15.4. The molecule has 7 aromatic heterocycles. The normalized spacial score (nSPS) is 15.7. The molecule has 4 unspecified atom stereocenters. The molecular formula is C118H165BBr2N4O6S7. The van der Waals surface area contributed by atoms with Gasteiger partial charge in [0.2, 0.25) is 0 Å². The number of anilines is 4. The van der Waals surface area contributed by atoms with Crippen LogP contribution in [-0.4, -0.2) is 68.1 Å². The molecule has 0 spiro atoms. The van der Waals surface area contributed by atoms with Crippen LogP contribution in [0, 0.1) is 23.7 Å². The molecule has 12 heterocycles. The van der Waals surface area contributed by atoms with Gasteiger partial charge in [-0.05, 0) is 236 Å².